The van der Waals surface area contributed by atoms with E-state index in [1.54, 1.807) is 0 Å². The number of nitrogens with zero attached hydrogens (tertiary/aromatic N) is 2. The quantitative estimate of drug-likeness (QED) is 0.498. The van der Waals surface area contributed by atoms with Crippen LogP contribution in [0.1, 0.15) is 65.6 Å². The zero-order valence-corrected chi connectivity index (χ0v) is 21.4. The highest BCUT2D eigenvalue weighted by Crippen LogP contribution is 2.32. The number of nitrogens with one attached hydrogen (secondary N) is 2. The maximum absolute atomic E-state index is 12.3. The number of carbonyl (C=O) groups is 1. The topological polar surface area (TPSA) is 70.2 Å². The number of rotatable bonds is 4. The Morgan fingerprint density at radius 3 is 2.38 bits per heavy atom. The zero-order chi connectivity index (χ0) is 24.5. The van der Waals surface area contributed by atoms with Crippen LogP contribution in [0.15, 0.2) is 42.6 Å². The van der Waals surface area contributed by atoms with Gasteiger partial charge in [0.25, 0.3) is 0 Å². The van der Waals surface area contributed by atoms with Gasteiger partial charge in [-0.1, -0.05) is 45.0 Å². The van der Waals surface area contributed by atoms with E-state index < -0.39 is 5.60 Å². The van der Waals surface area contributed by atoms with Crippen LogP contribution >= 0.6 is 0 Å². The summed E-state index contributed by atoms with van der Waals surface area (Å²) >= 11 is 0. The molecule has 6 heteroatoms. The Labute approximate surface area is 203 Å². The second-order valence-electron chi connectivity index (χ2n) is 11.4. The third kappa shape index (κ3) is 5.79. The summed E-state index contributed by atoms with van der Waals surface area (Å²) in [6.07, 6.45) is 3.55. The van der Waals surface area contributed by atoms with Gasteiger partial charge in [0, 0.05) is 48.4 Å². The van der Waals surface area contributed by atoms with Gasteiger partial charge in [-0.25, -0.2) is 9.78 Å². The highest BCUT2D eigenvalue weighted by Gasteiger charge is 2.26. The molecule has 2 aromatic heterocycles. The van der Waals surface area contributed by atoms with Crippen molar-refractivity contribution < 1.29 is 9.53 Å². The molecular weight excluding hydrogens is 424 g/mol. The van der Waals surface area contributed by atoms with Crippen molar-refractivity contribution in [3.8, 4) is 11.1 Å². The number of hydrogen-bond donors (Lipinski definition) is 2. The Balaban J connectivity index is 1.35. The van der Waals surface area contributed by atoms with Gasteiger partial charge in [0.15, 0.2) is 0 Å². The van der Waals surface area contributed by atoms with Crippen LogP contribution in [0, 0.1) is 0 Å². The fraction of sp³-hybridized carbons (Fsp3) is 0.500. The lowest BCUT2D eigenvalue weighted by molar-refractivity contribution is 0.0198. The van der Waals surface area contributed by atoms with Crippen LogP contribution in [0.2, 0.25) is 0 Å². The standard InChI is InChI=1S/C28H38N4O2/c1-27(2,3)24-17-23-22(11-14-29-25(23)31-24)20-9-7-19(8-10-20)18-30-21-12-15-32(16-13-21)26(33)34-28(4,5)6/h7-11,14,17,21,30H,12-13,15-16,18H2,1-6H3,(H,29,31). The van der Waals surface area contributed by atoms with Crippen LogP contribution in [0.5, 0.6) is 0 Å². The zero-order valence-electron chi connectivity index (χ0n) is 21.4. The van der Waals surface area contributed by atoms with Crippen molar-refractivity contribution in [3.05, 3.63) is 53.9 Å². The lowest BCUT2D eigenvalue weighted by Gasteiger charge is -2.33. The number of hydrogen-bond acceptors (Lipinski definition) is 4. The molecule has 0 atom stereocenters. The molecule has 1 amide bonds. The van der Waals surface area contributed by atoms with Crippen LogP contribution in [0.4, 0.5) is 4.79 Å². The second-order valence-corrected chi connectivity index (χ2v) is 11.4. The molecule has 182 valence electrons. The average molecular weight is 463 g/mol. The third-order valence-corrected chi connectivity index (χ3v) is 6.35. The van der Waals surface area contributed by atoms with Crippen LogP contribution in [0.25, 0.3) is 22.2 Å². The van der Waals surface area contributed by atoms with Gasteiger partial charge in [-0.2, -0.15) is 0 Å². The van der Waals surface area contributed by atoms with Gasteiger partial charge in [0.05, 0.1) is 0 Å². The van der Waals surface area contributed by atoms with E-state index in [0.29, 0.717) is 6.04 Å². The number of carbonyl (C=O) groups excluding carboxylic acids is 1. The van der Waals surface area contributed by atoms with Crippen LogP contribution in [0.3, 0.4) is 0 Å². The Bertz CT molecular complexity index is 1130. The lowest BCUT2D eigenvalue weighted by Crippen LogP contribution is -2.46. The van der Waals surface area contributed by atoms with Crippen molar-refractivity contribution >= 4 is 17.1 Å². The number of aromatic amines is 1. The fourth-order valence-electron chi connectivity index (χ4n) is 4.34. The molecule has 0 bridgehead atoms. The van der Waals surface area contributed by atoms with E-state index in [-0.39, 0.29) is 11.5 Å². The van der Waals surface area contributed by atoms with E-state index in [1.807, 2.05) is 31.9 Å². The Kier molecular flexibility index (Phi) is 6.72. The fourth-order valence-corrected chi connectivity index (χ4v) is 4.34. The van der Waals surface area contributed by atoms with Crippen molar-refractivity contribution in [2.24, 2.45) is 0 Å². The molecule has 0 spiro atoms. The predicted molar refractivity (Wildman–Crippen MR) is 138 cm³/mol. The Morgan fingerprint density at radius 1 is 1.09 bits per heavy atom. The smallest absolute Gasteiger partial charge is 0.410 e. The highest BCUT2D eigenvalue weighted by atomic mass is 16.6. The third-order valence-electron chi connectivity index (χ3n) is 6.35. The molecule has 2 N–H and O–H groups in total. The summed E-state index contributed by atoms with van der Waals surface area (Å²) in [7, 11) is 0. The van der Waals surface area contributed by atoms with Gasteiger partial charge in [-0.05, 0) is 62.4 Å². The number of piperidine rings is 1. The molecule has 4 rings (SSSR count). The Hall–Kier alpha value is -2.86. The number of benzene rings is 1. The number of amides is 1. The molecule has 0 aliphatic carbocycles. The summed E-state index contributed by atoms with van der Waals surface area (Å²) in [5, 5.41) is 4.82. The molecule has 1 saturated heterocycles. The number of ether oxygens (including phenoxy) is 1. The minimum Gasteiger partial charge on any atom is -0.444 e. The number of likely N-dealkylation sites (tertiary alicyclic amines) is 1. The highest BCUT2D eigenvalue weighted by molar-refractivity contribution is 5.93. The van der Waals surface area contributed by atoms with Crippen molar-refractivity contribution in [2.75, 3.05) is 13.1 Å². The second kappa shape index (κ2) is 9.41. The van der Waals surface area contributed by atoms with Crippen LogP contribution < -0.4 is 5.32 Å². The number of H-pyrrole nitrogens is 1. The lowest BCUT2D eigenvalue weighted by atomic mass is 9.92. The van der Waals surface area contributed by atoms with E-state index in [0.717, 1.165) is 43.5 Å². The monoisotopic (exact) mass is 462 g/mol. The number of pyridine rings is 1. The minimum atomic E-state index is -0.448. The van der Waals surface area contributed by atoms with Crippen LogP contribution in [-0.4, -0.2) is 45.7 Å². The molecule has 0 unspecified atom stereocenters. The first kappa shape index (κ1) is 24.3. The van der Waals surface area contributed by atoms with Gasteiger partial charge < -0.3 is 19.9 Å². The minimum absolute atomic E-state index is 0.0521. The van der Waals surface area contributed by atoms with Gasteiger partial charge in [-0.3, -0.25) is 0 Å². The molecule has 3 heterocycles. The summed E-state index contributed by atoms with van der Waals surface area (Å²) in [4.78, 5) is 22.1. The Morgan fingerprint density at radius 2 is 1.76 bits per heavy atom. The summed E-state index contributed by atoms with van der Waals surface area (Å²) in [6, 6.07) is 13.5. The van der Waals surface area contributed by atoms with Crippen LogP contribution in [-0.2, 0) is 16.7 Å². The average Bonchev–Trinajstić information content (AvgIpc) is 3.22. The predicted octanol–water partition coefficient (Wildman–Crippen LogP) is 6.02. The van der Waals surface area contributed by atoms with Gasteiger partial charge in [0.2, 0.25) is 0 Å². The molecule has 1 fully saturated rings. The van der Waals surface area contributed by atoms with E-state index in [4.69, 9.17) is 4.74 Å². The maximum atomic E-state index is 12.3. The molecule has 0 radical (unpaired) electrons. The van der Waals surface area contributed by atoms with Crippen molar-refractivity contribution in [1.29, 1.82) is 0 Å². The van der Waals surface area contributed by atoms with Gasteiger partial charge >= 0.3 is 6.09 Å². The van der Waals surface area contributed by atoms with E-state index in [1.165, 1.54) is 22.4 Å². The summed E-state index contributed by atoms with van der Waals surface area (Å²) in [5.41, 5.74) is 5.39. The van der Waals surface area contributed by atoms with Crippen molar-refractivity contribution in [3.63, 3.8) is 0 Å². The molecule has 34 heavy (non-hydrogen) atoms. The molecule has 1 aliphatic rings. The summed E-state index contributed by atoms with van der Waals surface area (Å²) in [5.74, 6) is 0. The van der Waals surface area contributed by atoms with E-state index in [2.05, 4.69) is 72.5 Å². The van der Waals surface area contributed by atoms with Gasteiger partial charge in [0.1, 0.15) is 11.2 Å². The number of aromatic nitrogens is 2. The molecule has 0 saturated carbocycles. The maximum Gasteiger partial charge on any atom is 0.410 e. The van der Waals surface area contributed by atoms with Crippen molar-refractivity contribution in [1.82, 2.24) is 20.2 Å². The van der Waals surface area contributed by atoms with E-state index >= 15 is 0 Å². The van der Waals surface area contributed by atoms with Crippen molar-refractivity contribution in [2.45, 2.75) is 78.0 Å². The normalized spacial score (nSPS) is 15.6. The molecular formula is C28H38N4O2. The largest absolute Gasteiger partial charge is 0.444 e. The summed E-state index contributed by atoms with van der Waals surface area (Å²) in [6.45, 7) is 14.6. The van der Waals surface area contributed by atoms with E-state index in [9.17, 15) is 4.79 Å². The number of fused-ring (bicyclic) bond motifs is 1. The molecule has 1 aliphatic heterocycles. The molecule has 6 nitrogen and oxygen atoms in total. The summed E-state index contributed by atoms with van der Waals surface area (Å²) < 4.78 is 5.49. The molecule has 3 aromatic rings. The first-order valence-electron chi connectivity index (χ1n) is 12.3. The first-order chi connectivity index (χ1) is 16.0. The SMILES string of the molecule is CC(C)(C)OC(=O)N1CCC(NCc2ccc(-c3ccnc4[nH]c(C(C)(C)C)cc34)cc2)CC1. The molecule has 1 aromatic carbocycles. The van der Waals surface area contributed by atoms with Gasteiger partial charge in [-0.15, -0.1) is 0 Å². The first-order valence-corrected chi connectivity index (χ1v) is 12.3.